The van der Waals surface area contributed by atoms with Crippen LogP contribution in [0.1, 0.15) is 16.1 Å². The lowest BCUT2D eigenvalue weighted by Crippen LogP contribution is -2.15. The molecule has 0 radical (unpaired) electrons. The Hall–Kier alpha value is -2.90. The van der Waals surface area contributed by atoms with Gasteiger partial charge in [-0.2, -0.15) is 0 Å². The number of benzene rings is 1. The number of aromatic nitrogens is 1. The van der Waals surface area contributed by atoms with E-state index in [4.69, 9.17) is 0 Å². The van der Waals surface area contributed by atoms with E-state index in [1.54, 1.807) is 6.92 Å². The van der Waals surface area contributed by atoms with E-state index >= 15 is 0 Å². The number of carbonyl (C=O) groups excluding carboxylic acids is 1. The van der Waals surface area contributed by atoms with Crippen molar-refractivity contribution in [3.8, 4) is 0 Å². The van der Waals surface area contributed by atoms with Gasteiger partial charge in [-0.25, -0.2) is 8.78 Å². The molecule has 0 aliphatic carbocycles. The van der Waals surface area contributed by atoms with Crippen molar-refractivity contribution in [1.82, 2.24) is 4.98 Å². The van der Waals surface area contributed by atoms with E-state index in [0.717, 1.165) is 0 Å². The van der Waals surface area contributed by atoms with Crippen LogP contribution in [-0.4, -0.2) is 15.8 Å². The number of rotatable bonds is 3. The molecule has 6 nitrogen and oxygen atoms in total. The number of hydrogen-bond donors (Lipinski definition) is 1. The van der Waals surface area contributed by atoms with Crippen molar-refractivity contribution >= 4 is 17.3 Å². The zero-order valence-corrected chi connectivity index (χ0v) is 10.8. The highest BCUT2D eigenvalue weighted by atomic mass is 19.2. The van der Waals surface area contributed by atoms with Crippen LogP contribution >= 0.6 is 0 Å². The maximum atomic E-state index is 13.2. The molecule has 108 valence electrons. The summed E-state index contributed by atoms with van der Waals surface area (Å²) in [7, 11) is 0. The molecular weight excluding hydrogens is 284 g/mol. The molecule has 21 heavy (non-hydrogen) atoms. The fourth-order valence-corrected chi connectivity index (χ4v) is 1.69. The highest BCUT2D eigenvalue weighted by Gasteiger charge is 2.24. The first-order valence-electron chi connectivity index (χ1n) is 5.76. The normalized spacial score (nSPS) is 10.2. The van der Waals surface area contributed by atoms with Crippen molar-refractivity contribution in [3.05, 3.63) is 63.5 Å². The zero-order valence-electron chi connectivity index (χ0n) is 10.8. The third-order valence-electron chi connectivity index (χ3n) is 2.63. The number of nitrogens with zero attached hydrogens (tertiary/aromatic N) is 2. The number of carbonyl (C=O) groups is 1. The van der Waals surface area contributed by atoms with Crippen molar-refractivity contribution in [1.29, 1.82) is 0 Å². The number of nitrogens with one attached hydrogen (secondary N) is 1. The molecule has 1 N–H and O–H groups in total. The second kappa shape index (κ2) is 5.61. The zero-order chi connectivity index (χ0) is 15.6. The number of nitro benzene ring substituents is 1. The van der Waals surface area contributed by atoms with E-state index in [-0.39, 0.29) is 0 Å². The molecule has 0 spiro atoms. The van der Waals surface area contributed by atoms with Crippen LogP contribution in [0.25, 0.3) is 0 Å². The van der Waals surface area contributed by atoms with Crippen LogP contribution in [0.2, 0.25) is 0 Å². The molecule has 2 rings (SSSR count). The average Bonchev–Trinajstić information content (AvgIpc) is 2.41. The summed E-state index contributed by atoms with van der Waals surface area (Å²) < 4.78 is 26.2. The highest BCUT2D eigenvalue weighted by molar-refractivity contribution is 6.07. The maximum Gasteiger partial charge on any atom is 0.285 e. The number of anilines is 1. The van der Waals surface area contributed by atoms with Gasteiger partial charge in [0.2, 0.25) is 0 Å². The summed E-state index contributed by atoms with van der Waals surface area (Å²) >= 11 is 0. The fourth-order valence-electron chi connectivity index (χ4n) is 1.69. The van der Waals surface area contributed by atoms with E-state index in [9.17, 15) is 23.7 Å². The van der Waals surface area contributed by atoms with Crippen molar-refractivity contribution in [2.45, 2.75) is 6.92 Å². The van der Waals surface area contributed by atoms with Crippen molar-refractivity contribution in [2.75, 3.05) is 5.32 Å². The number of hydrogen-bond acceptors (Lipinski definition) is 4. The Morgan fingerprint density at radius 3 is 2.57 bits per heavy atom. The van der Waals surface area contributed by atoms with Gasteiger partial charge in [0.25, 0.3) is 11.6 Å². The Labute approximate surface area is 117 Å². The van der Waals surface area contributed by atoms with Gasteiger partial charge in [-0.1, -0.05) is 0 Å². The third-order valence-corrected chi connectivity index (χ3v) is 2.63. The lowest BCUT2D eigenvalue weighted by molar-refractivity contribution is -0.385. The van der Waals surface area contributed by atoms with Crippen molar-refractivity contribution < 1.29 is 18.5 Å². The molecule has 0 unspecified atom stereocenters. The SMILES string of the molecule is Cc1cc(NC(=O)c2cc(F)c(F)cc2[N+](=O)[O-])ccn1. The topological polar surface area (TPSA) is 85.1 Å². The Kier molecular flexibility index (Phi) is 3.88. The number of halogens is 2. The van der Waals surface area contributed by atoms with Crippen LogP contribution in [0.15, 0.2) is 30.5 Å². The van der Waals surface area contributed by atoms with E-state index < -0.39 is 33.7 Å². The maximum absolute atomic E-state index is 13.2. The first-order valence-corrected chi connectivity index (χ1v) is 5.76. The molecular formula is C13H9F2N3O3. The van der Waals surface area contributed by atoms with Crippen LogP contribution in [0, 0.1) is 28.7 Å². The monoisotopic (exact) mass is 293 g/mol. The molecule has 1 heterocycles. The van der Waals surface area contributed by atoms with E-state index in [2.05, 4.69) is 10.3 Å². The number of amides is 1. The Morgan fingerprint density at radius 1 is 1.29 bits per heavy atom. The Bertz CT molecular complexity index is 735. The van der Waals surface area contributed by atoms with Crippen molar-refractivity contribution in [2.24, 2.45) is 0 Å². The first-order chi connectivity index (χ1) is 9.88. The summed E-state index contributed by atoms with van der Waals surface area (Å²) in [6.07, 6.45) is 1.44. The molecule has 0 saturated carbocycles. The quantitative estimate of drug-likeness (QED) is 0.696. The Morgan fingerprint density at radius 2 is 1.95 bits per heavy atom. The van der Waals surface area contributed by atoms with Gasteiger partial charge in [-0.3, -0.25) is 19.9 Å². The molecule has 0 aliphatic rings. The molecule has 0 bridgehead atoms. The molecule has 2 aromatic rings. The van der Waals surface area contributed by atoms with Gasteiger partial charge >= 0.3 is 0 Å². The largest absolute Gasteiger partial charge is 0.322 e. The van der Waals surface area contributed by atoms with Gasteiger partial charge in [-0.15, -0.1) is 0 Å². The molecule has 0 aliphatic heterocycles. The van der Waals surface area contributed by atoms with E-state index in [0.29, 0.717) is 23.5 Å². The minimum atomic E-state index is -1.39. The van der Waals surface area contributed by atoms with Gasteiger partial charge < -0.3 is 5.32 Å². The summed E-state index contributed by atoms with van der Waals surface area (Å²) in [5.74, 6) is -3.64. The molecule has 1 aromatic heterocycles. The van der Waals surface area contributed by atoms with E-state index in [1.165, 1.54) is 18.3 Å². The molecule has 1 amide bonds. The molecule has 0 fully saturated rings. The predicted octanol–water partition coefficient (Wildman–Crippen LogP) is 2.83. The van der Waals surface area contributed by atoms with Gasteiger partial charge in [0.15, 0.2) is 11.6 Å². The standard InChI is InChI=1S/C13H9F2N3O3/c1-7-4-8(2-3-16-7)17-13(19)9-5-10(14)11(15)6-12(9)18(20)21/h2-6H,1H3,(H,16,17,19). The van der Waals surface area contributed by atoms with Gasteiger partial charge in [-0.05, 0) is 25.1 Å². The van der Waals surface area contributed by atoms with E-state index in [1.807, 2.05) is 0 Å². The summed E-state index contributed by atoms with van der Waals surface area (Å²) in [5.41, 5.74) is -0.412. The summed E-state index contributed by atoms with van der Waals surface area (Å²) in [4.78, 5) is 25.8. The van der Waals surface area contributed by atoms with Crippen molar-refractivity contribution in [3.63, 3.8) is 0 Å². The van der Waals surface area contributed by atoms with Gasteiger partial charge in [0.05, 0.1) is 11.0 Å². The highest BCUT2D eigenvalue weighted by Crippen LogP contribution is 2.23. The minimum Gasteiger partial charge on any atom is -0.322 e. The minimum absolute atomic E-state index is 0.339. The number of nitro groups is 1. The number of pyridine rings is 1. The van der Waals surface area contributed by atoms with Crippen LogP contribution in [0.5, 0.6) is 0 Å². The van der Waals surface area contributed by atoms with Crippen LogP contribution < -0.4 is 5.32 Å². The lowest BCUT2D eigenvalue weighted by atomic mass is 10.1. The number of aryl methyl sites for hydroxylation is 1. The second-order valence-electron chi connectivity index (χ2n) is 4.18. The van der Waals surface area contributed by atoms with Crippen LogP contribution in [-0.2, 0) is 0 Å². The fraction of sp³-hybridized carbons (Fsp3) is 0.0769. The third kappa shape index (κ3) is 3.16. The summed E-state index contributed by atoms with van der Waals surface area (Å²) in [5, 5.41) is 13.2. The van der Waals surface area contributed by atoms with Crippen LogP contribution in [0.4, 0.5) is 20.2 Å². The summed E-state index contributed by atoms with van der Waals surface area (Å²) in [6, 6.07) is 3.87. The van der Waals surface area contributed by atoms with Crippen LogP contribution in [0.3, 0.4) is 0 Å². The van der Waals surface area contributed by atoms with Gasteiger partial charge in [0.1, 0.15) is 5.56 Å². The van der Waals surface area contributed by atoms with Gasteiger partial charge in [0, 0.05) is 17.6 Å². The first kappa shape index (κ1) is 14.5. The Balaban J connectivity index is 2.39. The molecule has 0 atom stereocenters. The molecule has 8 heteroatoms. The lowest BCUT2D eigenvalue weighted by Gasteiger charge is -2.07. The average molecular weight is 293 g/mol. The molecule has 1 aromatic carbocycles. The predicted molar refractivity (Wildman–Crippen MR) is 69.9 cm³/mol. The second-order valence-corrected chi connectivity index (χ2v) is 4.18. The summed E-state index contributed by atoms with van der Waals surface area (Å²) in [6.45, 7) is 1.69. The smallest absolute Gasteiger partial charge is 0.285 e. The molecule has 0 saturated heterocycles.